The molecule has 1 unspecified atom stereocenters. The number of guanidine groups is 1. The first-order chi connectivity index (χ1) is 12.4. The lowest BCUT2D eigenvalue weighted by Gasteiger charge is -2.12. The Morgan fingerprint density at radius 2 is 2.24 bits per heavy atom. The Kier molecular flexibility index (Phi) is 10.1. The first-order valence-electron chi connectivity index (χ1n) is 9.11. The van der Waals surface area contributed by atoms with Crippen molar-refractivity contribution < 1.29 is 18.6 Å². The van der Waals surface area contributed by atoms with Gasteiger partial charge >= 0.3 is 0 Å². The van der Waals surface area contributed by atoms with Crippen LogP contribution in [-0.2, 0) is 20.6 Å². The number of nitrogens with zero attached hydrogens (tertiary/aromatic N) is 1. The Balaban J connectivity index is 1.59. The molecule has 25 heavy (non-hydrogen) atoms. The second kappa shape index (κ2) is 12.7. The van der Waals surface area contributed by atoms with E-state index in [1.807, 2.05) is 12.1 Å². The molecule has 0 bridgehead atoms. The summed E-state index contributed by atoms with van der Waals surface area (Å²) in [5, 5.41) is 6.57. The third-order valence-electron chi connectivity index (χ3n) is 3.89. The van der Waals surface area contributed by atoms with Gasteiger partial charge in [-0.1, -0.05) is 0 Å². The van der Waals surface area contributed by atoms with E-state index in [1.165, 1.54) is 0 Å². The first-order valence-corrected chi connectivity index (χ1v) is 9.11. The van der Waals surface area contributed by atoms with Crippen molar-refractivity contribution in [2.75, 3.05) is 53.2 Å². The maximum absolute atomic E-state index is 5.66. The van der Waals surface area contributed by atoms with Gasteiger partial charge in [0.15, 0.2) is 5.96 Å². The minimum Gasteiger partial charge on any atom is -0.469 e. The van der Waals surface area contributed by atoms with Gasteiger partial charge in [0.2, 0.25) is 0 Å². The Morgan fingerprint density at radius 1 is 1.32 bits per heavy atom. The van der Waals surface area contributed by atoms with E-state index < -0.39 is 0 Å². The van der Waals surface area contributed by atoms with Crippen LogP contribution in [0.15, 0.2) is 27.8 Å². The number of hydrogen-bond acceptors (Lipinski definition) is 5. The van der Waals surface area contributed by atoms with E-state index in [0.717, 1.165) is 57.1 Å². The summed E-state index contributed by atoms with van der Waals surface area (Å²) in [6.07, 6.45) is 5.96. The fourth-order valence-electron chi connectivity index (χ4n) is 2.55. The Morgan fingerprint density at radius 3 is 3.00 bits per heavy atom. The lowest BCUT2D eigenvalue weighted by Crippen LogP contribution is -2.40. The summed E-state index contributed by atoms with van der Waals surface area (Å²) in [4.78, 5) is 4.58. The van der Waals surface area contributed by atoms with Crippen molar-refractivity contribution in [3.05, 3.63) is 24.2 Å². The minimum atomic E-state index is 0.290. The van der Waals surface area contributed by atoms with Gasteiger partial charge in [0, 0.05) is 46.4 Å². The molecule has 0 spiro atoms. The van der Waals surface area contributed by atoms with E-state index >= 15 is 0 Å². The highest BCUT2D eigenvalue weighted by molar-refractivity contribution is 5.79. The fourth-order valence-corrected chi connectivity index (χ4v) is 2.55. The number of furan rings is 1. The van der Waals surface area contributed by atoms with Crippen molar-refractivity contribution in [3.8, 4) is 0 Å². The monoisotopic (exact) mass is 353 g/mol. The van der Waals surface area contributed by atoms with Gasteiger partial charge < -0.3 is 29.3 Å². The summed E-state index contributed by atoms with van der Waals surface area (Å²) in [6.45, 7) is 5.13. The number of hydrogen-bond donors (Lipinski definition) is 2. The van der Waals surface area contributed by atoms with Crippen LogP contribution in [0.2, 0.25) is 0 Å². The number of ether oxygens (including phenoxy) is 3. The largest absolute Gasteiger partial charge is 0.469 e. The predicted octanol–water partition coefficient (Wildman–Crippen LogP) is 1.59. The summed E-state index contributed by atoms with van der Waals surface area (Å²) >= 11 is 0. The highest BCUT2D eigenvalue weighted by Gasteiger charge is 2.14. The highest BCUT2D eigenvalue weighted by Crippen LogP contribution is 2.11. The Bertz CT molecular complexity index is 459. The highest BCUT2D eigenvalue weighted by atomic mass is 16.5. The lowest BCUT2D eigenvalue weighted by atomic mass is 10.2. The van der Waals surface area contributed by atoms with Crippen LogP contribution in [0.3, 0.4) is 0 Å². The van der Waals surface area contributed by atoms with E-state index in [1.54, 1.807) is 13.4 Å². The molecule has 142 valence electrons. The van der Waals surface area contributed by atoms with Crippen molar-refractivity contribution in [1.29, 1.82) is 0 Å². The molecule has 2 N–H and O–H groups in total. The topological polar surface area (TPSA) is 77.2 Å². The molecule has 1 aromatic heterocycles. The summed E-state index contributed by atoms with van der Waals surface area (Å²) in [5.41, 5.74) is 0. The molecular weight excluding hydrogens is 322 g/mol. The average molecular weight is 353 g/mol. The van der Waals surface area contributed by atoms with Crippen molar-refractivity contribution in [1.82, 2.24) is 10.6 Å². The molecule has 1 fully saturated rings. The van der Waals surface area contributed by atoms with Gasteiger partial charge in [-0.2, -0.15) is 0 Å². The quantitative estimate of drug-likeness (QED) is 0.338. The molecule has 0 radical (unpaired) electrons. The van der Waals surface area contributed by atoms with Crippen LogP contribution in [0.1, 0.15) is 25.0 Å². The second-order valence-electron chi connectivity index (χ2n) is 5.97. The van der Waals surface area contributed by atoms with Crippen molar-refractivity contribution in [2.24, 2.45) is 4.99 Å². The summed E-state index contributed by atoms with van der Waals surface area (Å²) in [6, 6.07) is 3.88. The second-order valence-corrected chi connectivity index (χ2v) is 5.97. The van der Waals surface area contributed by atoms with Crippen LogP contribution in [-0.4, -0.2) is 65.2 Å². The number of nitrogens with one attached hydrogen (secondary N) is 2. The molecule has 1 aliphatic rings. The van der Waals surface area contributed by atoms with E-state index in [-0.39, 0.29) is 6.10 Å². The molecule has 0 aromatic carbocycles. The van der Waals surface area contributed by atoms with Crippen molar-refractivity contribution in [2.45, 2.75) is 31.8 Å². The van der Waals surface area contributed by atoms with Crippen LogP contribution in [0, 0.1) is 0 Å². The van der Waals surface area contributed by atoms with Crippen LogP contribution in [0.5, 0.6) is 0 Å². The van der Waals surface area contributed by atoms with Gasteiger partial charge in [-0.05, 0) is 31.4 Å². The molecule has 1 saturated heterocycles. The maximum Gasteiger partial charge on any atom is 0.191 e. The minimum absolute atomic E-state index is 0.290. The lowest BCUT2D eigenvalue weighted by molar-refractivity contribution is 0.0171. The van der Waals surface area contributed by atoms with Crippen molar-refractivity contribution >= 4 is 5.96 Å². The maximum atomic E-state index is 5.66. The van der Waals surface area contributed by atoms with Crippen LogP contribution in [0.4, 0.5) is 0 Å². The third-order valence-corrected chi connectivity index (χ3v) is 3.89. The van der Waals surface area contributed by atoms with Crippen LogP contribution in [0.25, 0.3) is 0 Å². The molecule has 1 aliphatic heterocycles. The number of methoxy groups -OCH3 is 1. The van der Waals surface area contributed by atoms with Gasteiger partial charge in [0.1, 0.15) is 5.76 Å². The molecule has 1 aromatic rings. The standard InChI is InChI=1S/C18H31N3O4/c1-22-14-10-21-18(20-9-7-16-5-2-12-24-16)19-8-4-11-23-15-17-6-3-13-25-17/h2,5,12,17H,3-4,6-11,13-15H2,1H3,(H2,19,20,21). The molecule has 2 heterocycles. The molecule has 1 atom stereocenters. The zero-order chi connectivity index (χ0) is 17.6. The molecule has 0 saturated carbocycles. The number of rotatable bonds is 12. The molecule has 0 aliphatic carbocycles. The Hall–Kier alpha value is -1.57. The molecule has 2 rings (SSSR count). The summed E-state index contributed by atoms with van der Waals surface area (Å²) in [7, 11) is 1.69. The zero-order valence-corrected chi connectivity index (χ0v) is 15.2. The first kappa shape index (κ1) is 19.8. The fraction of sp³-hybridized carbons (Fsp3) is 0.722. The smallest absolute Gasteiger partial charge is 0.191 e. The van der Waals surface area contributed by atoms with E-state index in [2.05, 4.69) is 15.6 Å². The number of aliphatic imine (C=N–C) groups is 1. The van der Waals surface area contributed by atoms with Gasteiger partial charge in [0.25, 0.3) is 0 Å². The van der Waals surface area contributed by atoms with Gasteiger partial charge in [-0.15, -0.1) is 0 Å². The summed E-state index contributed by atoms with van der Waals surface area (Å²) in [5.74, 6) is 1.76. The van der Waals surface area contributed by atoms with E-state index in [9.17, 15) is 0 Å². The molecule has 0 amide bonds. The summed E-state index contributed by atoms with van der Waals surface area (Å²) < 4.78 is 21.6. The van der Waals surface area contributed by atoms with Gasteiger partial charge in [-0.25, -0.2) is 0 Å². The van der Waals surface area contributed by atoms with Gasteiger partial charge in [-0.3, -0.25) is 4.99 Å². The van der Waals surface area contributed by atoms with Crippen LogP contribution >= 0.6 is 0 Å². The Labute approximate surface area is 150 Å². The van der Waals surface area contributed by atoms with Crippen LogP contribution < -0.4 is 10.6 Å². The van der Waals surface area contributed by atoms with E-state index in [4.69, 9.17) is 18.6 Å². The zero-order valence-electron chi connectivity index (χ0n) is 15.2. The average Bonchev–Trinajstić information content (AvgIpc) is 3.31. The normalized spacial score (nSPS) is 17.8. The van der Waals surface area contributed by atoms with Crippen molar-refractivity contribution in [3.63, 3.8) is 0 Å². The van der Waals surface area contributed by atoms with E-state index in [0.29, 0.717) is 26.4 Å². The molecular formula is C18H31N3O4. The third kappa shape index (κ3) is 8.90. The SMILES string of the molecule is COCCNC(=NCCCOCC1CCCO1)NCCc1ccco1. The molecule has 7 heteroatoms. The predicted molar refractivity (Wildman–Crippen MR) is 97.0 cm³/mol. The van der Waals surface area contributed by atoms with Gasteiger partial charge in [0.05, 0.1) is 25.6 Å². The molecule has 7 nitrogen and oxygen atoms in total.